The van der Waals surface area contributed by atoms with E-state index < -0.39 is 0 Å². The van der Waals surface area contributed by atoms with Crippen molar-refractivity contribution in [3.8, 4) is 0 Å². The molecule has 7 heteroatoms. The van der Waals surface area contributed by atoms with E-state index in [-0.39, 0.29) is 17.1 Å². The van der Waals surface area contributed by atoms with Crippen LogP contribution in [0.25, 0.3) is 0 Å². The summed E-state index contributed by atoms with van der Waals surface area (Å²) < 4.78 is 0. The standard InChI is InChI=1S/C23H26ClN3O2S/c1-16-22(28)25-20-14-18(6-9-21(20)30-16)23(29)27(13-12-26-10-2-3-11-26)15-17-4-7-19(24)8-5-17/h4-9,14,16H,2-3,10-13,15H2,1H3,(H,25,28)/t16-/m0/s1. The van der Waals surface area contributed by atoms with E-state index in [4.69, 9.17) is 11.6 Å². The van der Waals surface area contributed by atoms with Gasteiger partial charge in [0.25, 0.3) is 5.91 Å². The second-order valence-corrected chi connectivity index (χ2v) is 9.68. The van der Waals surface area contributed by atoms with Crippen LogP contribution in [-0.2, 0) is 11.3 Å². The van der Waals surface area contributed by atoms with Crippen molar-refractivity contribution >= 4 is 40.9 Å². The maximum Gasteiger partial charge on any atom is 0.254 e. The van der Waals surface area contributed by atoms with Crippen molar-refractivity contribution in [3.05, 3.63) is 58.6 Å². The highest BCUT2D eigenvalue weighted by molar-refractivity contribution is 8.00. The molecular weight excluding hydrogens is 418 g/mol. The monoisotopic (exact) mass is 443 g/mol. The normalized spacial score (nSPS) is 18.7. The maximum absolute atomic E-state index is 13.4. The van der Waals surface area contributed by atoms with Crippen molar-refractivity contribution in [2.75, 3.05) is 31.5 Å². The summed E-state index contributed by atoms with van der Waals surface area (Å²) >= 11 is 7.54. The molecule has 0 aliphatic carbocycles. The maximum atomic E-state index is 13.4. The van der Waals surface area contributed by atoms with Crippen molar-refractivity contribution in [2.45, 2.75) is 36.5 Å². The van der Waals surface area contributed by atoms with Gasteiger partial charge in [0.05, 0.1) is 10.9 Å². The lowest BCUT2D eigenvalue weighted by Crippen LogP contribution is -2.37. The first-order valence-corrected chi connectivity index (χ1v) is 11.6. The number of amides is 2. The van der Waals surface area contributed by atoms with Crippen LogP contribution < -0.4 is 5.32 Å². The summed E-state index contributed by atoms with van der Waals surface area (Å²) in [6.07, 6.45) is 2.46. The van der Waals surface area contributed by atoms with Crippen LogP contribution in [-0.4, -0.2) is 53.0 Å². The number of anilines is 1. The number of carbonyl (C=O) groups excluding carboxylic acids is 2. The molecule has 0 aromatic heterocycles. The predicted molar refractivity (Wildman–Crippen MR) is 122 cm³/mol. The smallest absolute Gasteiger partial charge is 0.254 e. The van der Waals surface area contributed by atoms with E-state index in [9.17, 15) is 9.59 Å². The van der Waals surface area contributed by atoms with E-state index in [0.717, 1.165) is 35.8 Å². The molecule has 2 heterocycles. The molecule has 0 bridgehead atoms. The Morgan fingerprint density at radius 2 is 1.93 bits per heavy atom. The van der Waals surface area contributed by atoms with Crippen LogP contribution in [0.2, 0.25) is 5.02 Å². The number of hydrogen-bond donors (Lipinski definition) is 1. The van der Waals surface area contributed by atoms with Crippen LogP contribution in [0, 0.1) is 0 Å². The number of likely N-dealkylation sites (tertiary alicyclic amines) is 1. The summed E-state index contributed by atoms with van der Waals surface area (Å²) in [6.45, 7) is 6.14. The zero-order valence-electron chi connectivity index (χ0n) is 17.1. The summed E-state index contributed by atoms with van der Waals surface area (Å²) in [6, 6.07) is 13.2. The summed E-state index contributed by atoms with van der Waals surface area (Å²) in [7, 11) is 0. The molecule has 158 valence electrons. The molecule has 1 saturated heterocycles. The lowest BCUT2D eigenvalue weighted by molar-refractivity contribution is -0.115. The number of halogens is 1. The summed E-state index contributed by atoms with van der Waals surface area (Å²) in [5.41, 5.74) is 2.37. The molecule has 30 heavy (non-hydrogen) atoms. The van der Waals surface area contributed by atoms with E-state index in [1.165, 1.54) is 24.6 Å². The second-order valence-electron chi connectivity index (χ2n) is 7.86. The van der Waals surface area contributed by atoms with Crippen molar-refractivity contribution in [3.63, 3.8) is 0 Å². The van der Waals surface area contributed by atoms with Crippen molar-refractivity contribution in [2.24, 2.45) is 0 Å². The Balaban J connectivity index is 1.54. The number of carbonyl (C=O) groups is 2. The third-order valence-corrected chi connectivity index (χ3v) is 7.05. The Bertz CT molecular complexity index is 929. The van der Waals surface area contributed by atoms with Gasteiger partial charge in [-0.2, -0.15) is 0 Å². The average Bonchev–Trinajstić information content (AvgIpc) is 3.26. The van der Waals surface area contributed by atoms with E-state index in [1.54, 1.807) is 6.07 Å². The van der Waals surface area contributed by atoms with Gasteiger partial charge in [-0.05, 0) is 68.8 Å². The SMILES string of the molecule is C[C@@H]1Sc2ccc(C(=O)N(CCN3CCCC3)Cc3ccc(Cl)cc3)cc2NC1=O. The number of hydrogen-bond acceptors (Lipinski definition) is 4. The number of benzene rings is 2. The van der Waals surface area contributed by atoms with Crippen molar-refractivity contribution in [1.82, 2.24) is 9.80 Å². The predicted octanol–water partition coefficient (Wildman–Crippen LogP) is 4.51. The fourth-order valence-corrected chi connectivity index (χ4v) is 4.91. The highest BCUT2D eigenvalue weighted by Gasteiger charge is 2.25. The molecule has 5 nitrogen and oxygen atoms in total. The first-order valence-electron chi connectivity index (χ1n) is 10.4. The minimum atomic E-state index is -0.124. The van der Waals surface area contributed by atoms with Crippen LogP contribution in [0.1, 0.15) is 35.7 Å². The molecular formula is C23H26ClN3O2S. The Morgan fingerprint density at radius 1 is 1.20 bits per heavy atom. The molecule has 0 radical (unpaired) electrons. The fraction of sp³-hybridized carbons (Fsp3) is 0.391. The Kier molecular flexibility index (Phi) is 6.66. The van der Waals surface area contributed by atoms with Gasteiger partial charge in [-0.15, -0.1) is 11.8 Å². The highest BCUT2D eigenvalue weighted by Crippen LogP contribution is 2.36. The van der Waals surface area contributed by atoms with Crippen LogP contribution >= 0.6 is 23.4 Å². The molecule has 0 saturated carbocycles. The molecule has 2 aromatic carbocycles. The average molecular weight is 444 g/mol. The third-order valence-electron chi connectivity index (χ3n) is 5.62. The summed E-state index contributed by atoms with van der Waals surface area (Å²) in [5.74, 6) is -0.0472. The van der Waals surface area contributed by atoms with Crippen LogP contribution in [0.3, 0.4) is 0 Å². The molecule has 2 aliphatic heterocycles. The second kappa shape index (κ2) is 9.41. The van der Waals surface area contributed by atoms with Gasteiger partial charge in [0, 0.05) is 35.1 Å². The molecule has 0 unspecified atom stereocenters. The quantitative estimate of drug-likeness (QED) is 0.713. The zero-order valence-corrected chi connectivity index (χ0v) is 18.6. The van der Waals surface area contributed by atoms with Gasteiger partial charge in [-0.1, -0.05) is 23.7 Å². The molecule has 0 spiro atoms. The number of nitrogens with zero attached hydrogens (tertiary/aromatic N) is 2. The number of fused-ring (bicyclic) bond motifs is 1. The van der Waals surface area contributed by atoms with Gasteiger partial charge in [0.1, 0.15) is 0 Å². The summed E-state index contributed by atoms with van der Waals surface area (Å²) in [4.78, 5) is 30.8. The fourth-order valence-electron chi connectivity index (χ4n) is 3.86. The van der Waals surface area contributed by atoms with Crippen LogP contribution in [0.5, 0.6) is 0 Å². The van der Waals surface area contributed by atoms with Gasteiger partial charge < -0.3 is 15.1 Å². The molecule has 2 aromatic rings. The van der Waals surface area contributed by atoms with Crippen molar-refractivity contribution < 1.29 is 9.59 Å². The Labute approximate surface area is 186 Å². The lowest BCUT2D eigenvalue weighted by Gasteiger charge is -2.27. The topological polar surface area (TPSA) is 52.7 Å². The third kappa shape index (κ3) is 4.99. The van der Waals surface area contributed by atoms with Gasteiger partial charge >= 0.3 is 0 Å². The zero-order chi connectivity index (χ0) is 21.1. The minimum Gasteiger partial charge on any atom is -0.333 e. The molecule has 1 fully saturated rings. The van der Waals surface area contributed by atoms with Gasteiger partial charge in [-0.3, -0.25) is 9.59 Å². The van der Waals surface area contributed by atoms with Crippen molar-refractivity contribution in [1.29, 1.82) is 0 Å². The highest BCUT2D eigenvalue weighted by atomic mass is 35.5. The molecule has 2 amide bonds. The molecule has 2 aliphatic rings. The number of rotatable bonds is 6. The Morgan fingerprint density at radius 3 is 2.67 bits per heavy atom. The minimum absolute atomic E-state index is 0.0233. The first-order chi connectivity index (χ1) is 14.5. The molecule has 1 N–H and O–H groups in total. The number of nitrogens with one attached hydrogen (secondary N) is 1. The lowest BCUT2D eigenvalue weighted by atomic mass is 10.1. The first kappa shape index (κ1) is 21.2. The molecule has 4 rings (SSSR count). The summed E-state index contributed by atoms with van der Waals surface area (Å²) in [5, 5.41) is 3.48. The number of thioether (sulfide) groups is 1. The van der Waals surface area contributed by atoms with E-state index in [2.05, 4.69) is 10.2 Å². The van der Waals surface area contributed by atoms with E-state index >= 15 is 0 Å². The van der Waals surface area contributed by atoms with Crippen LogP contribution in [0.4, 0.5) is 5.69 Å². The van der Waals surface area contributed by atoms with E-state index in [1.807, 2.05) is 48.2 Å². The van der Waals surface area contributed by atoms with Gasteiger partial charge in [0.2, 0.25) is 5.91 Å². The molecule has 1 atom stereocenters. The van der Waals surface area contributed by atoms with Gasteiger partial charge in [0.15, 0.2) is 0 Å². The van der Waals surface area contributed by atoms with Gasteiger partial charge in [-0.25, -0.2) is 0 Å². The van der Waals surface area contributed by atoms with E-state index in [0.29, 0.717) is 23.7 Å². The largest absolute Gasteiger partial charge is 0.333 e. The van der Waals surface area contributed by atoms with Crippen LogP contribution in [0.15, 0.2) is 47.4 Å². The Hall–Kier alpha value is -2.02.